The van der Waals surface area contributed by atoms with Crippen LogP contribution in [0.2, 0.25) is 0 Å². The van der Waals surface area contributed by atoms with Gasteiger partial charge in [0.2, 0.25) is 11.8 Å². The number of hydrogen-bond donors (Lipinski definition) is 0. The van der Waals surface area contributed by atoms with Crippen LogP contribution < -0.4 is 0 Å². The Morgan fingerprint density at radius 1 is 0.257 bits per heavy atom. The fourth-order valence-corrected chi connectivity index (χ4v) is 28.3. The zero-order valence-electron chi connectivity index (χ0n) is 97.4. The van der Waals surface area contributed by atoms with Crippen LogP contribution >= 0.6 is 0 Å². The van der Waals surface area contributed by atoms with Crippen LogP contribution in [0.25, 0.3) is 0 Å². The summed E-state index contributed by atoms with van der Waals surface area (Å²) in [7, 11) is 0. The monoisotopic (exact) mass is 2060 g/mol. The van der Waals surface area contributed by atoms with Crippen molar-refractivity contribution >= 4 is 59.1 Å². The fourth-order valence-electron chi connectivity index (χ4n) is 28.3. The van der Waals surface area contributed by atoms with Crippen molar-refractivity contribution in [3.05, 3.63) is 60.4 Å². The van der Waals surface area contributed by atoms with E-state index in [2.05, 4.69) is 54.7 Å². The number of rotatable bonds is 94. The summed E-state index contributed by atoms with van der Waals surface area (Å²) < 4.78 is 0. The highest BCUT2D eigenvalue weighted by molar-refractivity contribution is 6.18. The van der Waals surface area contributed by atoms with E-state index in [1.807, 2.05) is 0 Å². The van der Waals surface area contributed by atoms with E-state index in [9.17, 15) is 47.9 Å². The smallest absolute Gasteiger partial charge is 0.277 e. The SMILES string of the molecule is C=C(C)C(=O)N(CCCCCCCCC1C(CCCCCCCCN(C(=O)C(=C)C)C2CC(=O)N(CCCCCCCCC3C(CCCCCCCCN4C(=O)C=CC4=O)CCC(CCCCCC)C3CCCCCCCC)C2=O)CCC(CCCCCC)C1CCCCCCCC)C1=CC(=O)N(CCCCCCCCC2C(CCCCCCCCN3C(=O)C=CC3=O)CCC(CCCCCC)C2CCCCCCCC)C1=O. The van der Waals surface area contributed by atoms with Crippen LogP contribution in [-0.4, -0.2) is 134 Å². The minimum Gasteiger partial charge on any atom is -0.326 e. The van der Waals surface area contributed by atoms with Gasteiger partial charge in [-0.25, -0.2) is 0 Å². The van der Waals surface area contributed by atoms with Crippen molar-refractivity contribution in [3.63, 3.8) is 0 Å². The van der Waals surface area contributed by atoms with Crippen molar-refractivity contribution in [2.24, 2.45) is 71.0 Å². The van der Waals surface area contributed by atoms with E-state index in [4.69, 9.17) is 0 Å². The molecule has 3 aliphatic carbocycles. The van der Waals surface area contributed by atoms with Crippen LogP contribution in [0.1, 0.15) is 601 Å². The predicted molar refractivity (Wildman–Crippen MR) is 618 cm³/mol. The Hall–Kier alpha value is -5.80. The Kier molecular flexibility index (Phi) is 69.8. The third kappa shape index (κ3) is 49.1. The first-order valence-electron chi connectivity index (χ1n) is 64.7. The average Bonchev–Trinajstić information content (AvgIpc) is 1.58. The highest BCUT2D eigenvalue weighted by Gasteiger charge is 2.46. The highest BCUT2D eigenvalue weighted by Crippen LogP contribution is 2.52. The van der Waals surface area contributed by atoms with Crippen molar-refractivity contribution in [2.75, 3.05) is 39.3 Å². The second-order valence-electron chi connectivity index (χ2n) is 48.7. The number of likely N-dealkylation sites (tertiary alicyclic amines) is 1. The molecule has 3 saturated carbocycles. The molecule has 0 bridgehead atoms. The minimum absolute atomic E-state index is 0.0636. The summed E-state index contributed by atoms with van der Waals surface area (Å²) in [6, 6.07) is -0.753. The molecule has 148 heavy (non-hydrogen) atoms. The van der Waals surface area contributed by atoms with Crippen LogP contribution in [0.3, 0.4) is 0 Å². The van der Waals surface area contributed by atoms with Crippen LogP contribution in [-0.2, 0) is 47.9 Å². The molecule has 7 rings (SSSR count). The standard InChI is InChI=1S/C132H228N6O10/c1-11-17-23-29-47-65-83-115-109(77-59-26-20-14-4)89-92-112(80-62-44-32-38-53-71-99-133(129(145)107(7)8)121-105-127(143)137(131(121)147)103-75-57-42-36-51-69-87-119-113(81-63-45-33-39-55-73-101-135-123(139)95-96-124(135)140)93-90-110(78-60-27-21-15-5)116(119)84-66-48-30-24-18-12-2)118(115)86-68-50-35-41-54-72-100-134(130(146)108(9)10)122-106-128(144)138(132(122)148)104-76-58-43-37-52-70-88-120-114(82-64-46-34-40-56-74-102-136-125(141)97-98-126(136)142)94-91-111(79-61-28-22-16-6)117(120)85-67-49-31-25-19-13-3/h95-98,106,109-121H,7,9,11-94,99-105H2,1-6,8,10H3. The zero-order valence-corrected chi connectivity index (χ0v) is 97.4. The zero-order chi connectivity index (χ0) is 106. The van der Waals surface area contributed by atoms with E-state index < -0.39 is 6.04 Å². The molecule has 0 N–H and O–H groups in total. The first kappa shape index (κ1) is 129. The number of hydrogen-bond acceptors (Lipinski definition) is 10. The van der Waals surface area contributed by atoms with E-state index >= 15 is 0 Å². The molecule has 16 heteroatoms. The van der Waals surface area contributed by atoms with Gasteiger partial charge >= 0.3 is 0 Å². The van der Waals surface area contributed by atoms with Gasteiger partial charge < -0.3 is 9.80 Å². The van der Waals surface area contributed by atoms with Crippen molar-refractivity contribution < 1.29 is 47.9 Å². The van der Waals surface area contributed by atoms with E-state index in [1.165, 1.54) is 461 Å². The van der Waals surface area contributed by atoms with Crippen molar-refractivity contribution in [3.8, 4) is 0 Å². The third-order valence-corrected chi connectivity index (χ3v) is 37.0. The molecular formula is C132H228N6O10. The first-order chi connectivity index (χ1) is 72.2. The third-order valence-electron chi connectivity index (χ3n) is 37.0. The molecule has 0 aromatic heterocycles. The predicted octanol–water partition coefficient (Wildman–Crippen LogP) is 35.3. The molecule has 846 valence electrons. The molecule has 4 fully saturated rings. The molecule has 0 spiro atoms. The lowest BCUT2D eigenvalue weighted by Crippen LogP contribution is -2.46. The minimum atomic E-state index is -0.753. The molecule has 13 atom stereocenters. The summed E-state index contributed by atoms with van der Waals surface area (Å²) >= 11 is 0. The second kappa shape index (κ2) is 80.1. The molecular weight excluding hydrogens is 1830 g/mol. The van der Waals surface area contributed by atoms with Gasteiger partial charge in [0, 0.05) is 80.8 Å². The Balaban J connectivity index is 0.829. The van der Waals surface area contributed by atoms with E-state index in [-0.39, 0.29) is 71.2 Å². The van der Waals surface area contributed by atoms with Gasteiger partial charge in [-0.05, 0) is 200 Å². The number of carbonyl (C=O) groups is 10. The van der Waals surface area contributed by atoms with Crippen LogP contribution in [0.5, 0.6) is 0 Å². The lowest BCUT2D eigenvalue weighted by molar-refractivity contribution is -0.143. The van der Waals surface area contributed by atoms with E-state index in [0.29, 0.717) is 50.4 Å². The number of imide groups is 4. The van der Waals surface area contributed by atoms with Crippen molar-refractivity contribution in [1.29, 1.82) is 0 Å². The maximum Gasteiger partial charge on any atom is 0.277 e. The largest absolute Gasteiger partial charge is 0.326 e. The fraction of sp³-hybridized carbons (Fsp3) is 0.848. The van der Waals surface area contributed by atoms with Gasteiger partial charge in [0.1, 0.15) is 11.7 Å². The second-order valence-corrected chi connectivity index (χ2v) is 48.7. The molecule has 4 aliphatic heterocycles. The number of amides is 10. The lowest BCUT2D eigenvalue weighted by Gasteiger charge is -2.44. The Labute approximate surface area is 908 Å². The van der Waals surface area contributed by atoms with Crippen LogP contribution in [0.15, 0.2) is 60.4 Å². The molecule has 7 aliphatic rings. The molecule has 13 unspecified atom stereocenters. The van der Waals surface area contributed by atoms with Crippen LogP contribution in [0, 0.1) is 71.0 Å². The highest BCUT2D eigenvalue weighted by atomic mass is 16.2. The van der Waals surface area contributed by atoms with E-state index in [0.717, 1.165) is 199 Å². The average molecular weight is 2060 g/mol. The lowest BCUT2D eigenvalue weighted by atomic mass is 9.61. The number of unbranched alkanes of at least 4 members (excludes halogenated alkanes) is 54. The molecule has 0 aromatic rings. The topological polar surface area (TPSA) is 190 Å². The van der Waals surface area contributed by atoms with Gasteiger partial charge in [0.05, 0.1) is 6.42 Å². The quantitative estimate of drug-likeness (QED) is 0.0322. The van der Waals surface area contributed by atoms with Crippen molar-refractivity contribution in [1.82, 2.24) is 29.4 Å². The normalized spacial score (nSPS) is 22.2. The molecule has 0 radical (unpaired) electrons. The molecule has 0 aromatic carbocycles. The summed E-state index contributed by atoms with van der Waals surface area (Å²) in [5.74, 6) is 7.71. The molecule has 4 heterocycles. The first-order valence-corrected chi connectivity index (χ1v) is 64.7. The maximum atomic E-state index is 14.3. The molecule has 10 amide bonds. The summed E-state index contributed by atoms with van der Waals surface area (Å²) in [4.78, 5) is 141. The number of nitrogens with zero attached hydrogens (tertiary/aromatic N) is 6. The van der Waals surface area contributed by atoms with Crippen molar-refractivity contribution in [2.45, 2.75) is 607 Å². The van der Waals surface area contributed by atoms with Crippen LogP contribution in [0.4, 0.5) is 0 Å². The summed E-state index contributed by atoms with van der Waals surface area (Å²) in [5, 5.41) is 0. The maximum absolute atomic E-state index is 14.3. The van der Waals surface area contributed by atoms with Gasteiger partial charge in [-0.15, -0.1) is 0 Å². The number of carbonyl (C=O) groups excluding carboxylic acids is 10. The van der Waals surface area contributed by atoms with E-state index in [1.54, 1.807) is 23.6 Å². The summed E-state index contributed by atoms with van der Waals surface area (Å²) in [6.45, 7) is 28.2. The summed E-state index contributed by atoms with van der Waals surface area (Å²) in [5.41, 5.74) is 0.999. The van der Waals surface area contributed by atoms with Gasteiger partial charge in [-0.2, -0.15) is 0 Å². The Bertz CT molecular complexity index is 3750. The van der Waals surface area contributed by atoms with Gasteiger partial charge in [0.25, 0.3) is 47.3 Å². The Morgan fingerprint density at radius 2 is 0.473 bits per heavy atom. The summed E-state index contributed by atoms with van der Waals surface area (Å²) in [6.07, 6.45) is 112. The molecule has 16 nitrogen and oxygen atoms in total. The Morgan fingerprint density at radius 3 is 0.736 bits per heavy atom. The van der Waals surface area contributed by atoms with Gasteiger partial charge in [-0.3, -0.25) is 67.5 Å². The molecule has 1 saturated heterocycles. The van der Waals surface area contributed by atoms with Gasteiger partial charge in [-0.1, -0.05) is 478 Å². The van der Waals surface area contributed by atoms with Gasteiger partial charge in [0.15, 0.2) is 0 Å².